The quantitative estimate of drug-likeness (QED) is 0.0790. The Kier molecular flexibility index (Phi) is 16.4. The van der Waals surface area contributed by atoms with E-state index in [1.165, 1.54) is 23.5 Å². The summed E-state index contributed by atoms with van der Waals surface area (Å²) >= 11 is 1.33. The molecule has 1 aromatic heterocycles. The number of hydroxylamine groups is 2. The Labute approximate surface area is 456 Å². The number of imide groups is 1. The molecular weight excluding hydrogens is 1050 g/mol. The van der Waals surface area contributed by atoms with E-state index >= 15 is 0 Å². The summed E-state index contributed by atoms with van der Waals surface area (Å²) in [6, 6.07) is 12.4. The predicted molar refractivity (Wildman–Crippen MR) is 275 cm³/mol. The van der Waals surface area contributed by atoms with Gasteiger partial charge in [0.2, 0.25) is 17.7 Å². The number of rotatable bonds is 20. The molecule has 3 heterocycles. The number of carboxylic acid groups (broad SMARTS) is 1. The first kappa shape index (κ1) is 56.2. The van der Waals surface area contributed by atoms with Crippen molar-refractivity contribution in [1.29, 1.82) is 0 Å². The van der Waals surface area contributed by atoms with E-state index in [1.54, 1.807) is 29.7 Å². The van der Waals surface area contributed by atoms with Crippen LogP contribution in [0.5, 0.6) is 0 Å². The number of carbonyl (C=O) groups excluding carboxylic acids is 9. The van der Waals surface area contributed by atoms with E-state index in [1.807, 2.05) is 37.3 Å². The van der Waals surface area contributed by atoms with E-state index in [2.05, 4.69) is 33.2 Å². The molecule has 9 rings (SSSR count). The average molecular weight is 1110 g/mol. The number of hydrogen-bond donors (Lipinski definition) is 7. The van der Waals surface area contributed by atoms with E-state index in [9.17, 15) is 63.3 Å². The number of hydrogen-bond acceptors (Lipinski definition) is 18. The highest BCUT2D eigenvalue weighted by atomic mass is 32.1. The Balaban J connectivity index is 0.721. The van der Waals surface area contributed by atoms with Crippen LogP contribution in [-0.2, 0) is 75.2 Å². The normalized spacial score (nSPS) is 27.8. The van der Waals surface area contributed by atoms with Crippen molar-refractivity contribution in [3.63, 3.8) is 0 Å². The zero-order valence-corrected chi connectivity index (χ0v) is 44.0. The van der Waals surface area contributed by atoms with E-state index in [0.29, 0.717) is 40.5 Å². The SMILES string of the molecule is C[C@]12C=CC(=O)C=C1CC[C@@H]1[C@@H]2[C@@H](O)C[C@@]2(C)[C@H]1C[C@H]1O[C@@H](c3ccc(Cc4nc(NC(=O)OCc5ccc(NC(=O)[C@H](CCC(=O)O)NC(=O)CNC(=O)CCC(=O)ON6C(=O)CCC6=O)cc5)cs4)cc3)O[C@]12C(=O)CO. The van der Waals surface area contributed by atoms with Crippen molar-refractivity contribution in [2.24, 2.45) is 28.6 Å². The number of nitrogens with zero attached hydrogens (tertiary/aromatic N) is 2. The van der Waals surface area contributed by atoms with Gasteiger partial charge in [0, 0.05) is 65.5 Å². The fraction of sp³-hybridized carbons (Fsp3) is 0.473. The average Bonchev–Trinajstić information content (AvgIpc) is 1.98. The Hall–Kier alpha value is -7.51. The summed E-state index contributed by atoms with van der Waals surface area (Å²) in [5.74, 6) is -6.32. The number of anilines is 2. The number of carboxylic acids is 1. The van der Waals surface area contributed by atoms with Gasteiger partial charge >= 0.3 is 18.0 Å². The molecule has 2 aliphatic heterocycles. The molecule has 0 unspecified atom stereocenters. The minimum atomic E-state index is -1.48. The maximum Gasteiger partial charge on any atom is 0.413 e. The van der Waals surface area contributed by atoms with E-state index in [4.69, 9.17) is 19.0 Å². The summed E-state index contributed by atoms with van der Waals surface area (Å²) in [5, 5.41) is 44.1. The number of nitrogens with one attached hydrogen (secondary N) is 4. The topological polar surface area (TPSA) is 333 Å². The number of amides is 6. The van der Waals surface area contributed by atoms with Crippen LogP contribution in [0.4, 0.5) is 16.3 Å². The molecule has 2 aromatic carbocycles. The summed E-state index contributed by atoms with van der Waals surface area (Å²) in [7, 11) is 0. The number of fused-ring (bicyclic) bond motifs is 7. The number of Topliss-reactive ketones (excluding diaryl/α,β-unsaturated/α-hetero) is 1. The maximum absolute atomic E-state index is 14.0. The summed E-state index contributed by atoms with van der Waals surface area (Å²) in [4.78, 5) is 133. The first-order chi connectivity index (χ1) is 37.7. The largest absolute Gasteiger partial charge is 0.481 e. The molecule has 4 aliphatic carbocycles. The third kappa shape index (κ3) is 11.6. The van der Waals surface area contributed by atoms with Crippen molar-refractivity contribution in [2.45, 2.75) is 121 Å². The number of ether oxygens (including phenoxy) is 3. The summed E-state index contributed by atoms with van der Waals surface area (Å²) in [6.45, 7) is 2.58. The van der Waals surface area contributed by atoms with Gasteiger partial charge in [-0.3, -0.25) is 43.7 Å². The number of aliphatic carboxylic acids is 1. The second kappa shape index (κ2) is 23.1. The van der Waals surface area contributed by atoms with Crippen LogP contribution in [0, 0.1) is 28.6 Å². The molecule has 6 aliphatic rings. The molecule has 6 amide bonds. The smallest absolute Gasteiger partial charge is 0.413 e. The van der Waals surface area contributed by atoms with Gasteiger partial charge in [-0.2, -0.15) is 0 Å². The Morgan fingerprint density at radius 1 is 0.911 bits per heavy atom. The number of aliphatic hydroxyl groups is 2. The standard InChI is InChI=1S/C55H60N6O17S/c1-53-20-19-34(63)22-32(53)9-12-35-36-23-40-55(39(65)26-62,54(36,2)24-38(64)49(35)53)77-51(76-40)31-7-3-29(4-8-31)21-44-59-41(28-79-44)60-52(74)75-27-30-5-10-33(11-6-30)57-50(73)37(13-17-47(70)71)58-43(67)25-56-42(66)14-18-48(72)78-61-45(68)15-16-46(61)69/h3-8,10-11,19-20,22,28,35-38,40,49,51,62,64H,9,12-18,21,23-27H2,1-2H3,(H,56,66)(H,57,73)(H,58,67)(H,60,74)(H,70,71)/t35-,36-,37-,38-,40+,49+,51+,53-,54-,55+/m0/s1. The predicted octanol–water partition coefficient (Wildman–Crippen LogP) is 3.88. The number of ketones is 2. The van der Waals surface area contributed by atoms with Crippen LogP contribution < -0.4 is 21.3 Å². The van der Waals surface area contributed by atoms with Crippen LogP contribution in [0.1, 0.15) is 106 Å². The summed E-state index contributed by atoms with van der Waals surface area (Å²) in [5.41, 5.74) is 0.641. The Morgan fingerprint density at radius 2 is 1.63 bits per heavy atom. The van der Waals surface area contributed by atoms with Crippen molar-refractivity contribution in [2.75, 3.05) is 23.8 Å². The molecule has 0 radical (unpaired) electrons. The fourth-order valence-electron chi connectivity index (χ4n) is 12.5. The lowest BCUT2D eigenvalue weighted by Gasteiger charge is -2.59. The lowest BCUT2D eigenvalue weighted by molar-refractivity contribution is -0.201. The molecule has 418 valence electrons. The monoisotopic (exact) mass is 1110 g/mol. The molecule has 79 heavy (non-hydrogen) atoms. The summed E-state index contributed by atoms with van der Waals surface area (Å²) < 4.78 is 18.7. The molecular formula is C55H60N6O17S. The van der Waals surface area contributed by atoms with Gasteiger partial charge in [-0.25, -0.2) is 14.6 Å². The first-order valence-corrected chi connectivity index (χ1v) is 26.9. The lowest BCUT2D eigenvalue weighted by atomic mass is 9.46. The van der Waals surface area contributed by atoms with Crippen LogP contribution >= 0.6 is 11.3 Å². The van der Waals surface area contributed by atoms with Crippen LogP contribution in [0.3, 0.4) is 0 Å². The van der Waals surface area contributed by atoms with Crippen LogP contribution in [0.25, 0.3) is 0 Å². The zero-order valence-electron chi connectivity index (χ0n) is 43.2. The minimum absolute atomic E-state index is 0.0327. The number of allylic oxidation sites excluding steroid dienone is 4. The Morgan fingerprint density at radius 3 is 2.34 bits per heavy atom. The second-order valence-electron chi connectivity index (χ2n) is 21.1. The van der Waals surface area contributed by atoms with Crippen molar-refractivity contribution >= 4 is 82.0 Å². The fourth-order valence-corrected chi connectivity index (χ4v) is 13.3. The highest BCUT2D eigenvalue weighted by Gasteiger charge is 2.76. The number of benzene rings is 2. The van der Waals surface area contributed by atoms with Gasteiger partial charge in [-0.1, -0.05) is 61.9 Å². The summed E-state index contributed by atoms with van der Waals surface area (Å²) in [6.07, 6.45) is 2.92. The van der Waals surface area contributed by atoms with Gasteiger partial charge in [-0.15, -0.1) is 16.4 Å². The third-order valence-corrected chi connectivity index (χ3v) is 17.1. The van der Waals surface area contributed by atoms with Gasteiger partial charge in [0.15, 0.2) is 23.5 Å². The van der Waals surface area contributed by atoms with Gasteiger partial charge in [0.05, 0.1) is 30.2 Å². The molecule has 5 fully saturated rings. The van der Waals surface area contributed by atoms with Crippen LogP contribution in [0.2, 0.25) is 0 Å². The first-order valence-electron chi connectivity index (χ1n) is 26.0. The van der Waals surface area contributed by atoms with Crippen molar-refractivity contribution in [1.82, 2.24) is 20.7 Å². The second-order valence-corrected chi connectivity index (χ2v) is 22.1. The highest BCUT2D eigenvalue weighted by molar-refractivity contribution is 7.10. The molecule has 0 spiro atoms. The molecule has 3 saturated carbocycles. The van der Waals surface area contributed by atoms with Crippen molar-refractivity contribution in [3.8, 4) is 0 Å². The van der Waals surface area contributed by atoms with Crippen LogP contribution in [0.15, 0.2) is 77.7 Å². The van der Waals surface area contributed by atoms with Crippen molar-refractivity contribution in [3.05, 3.63) is 99.4 Å². The van der Waals surface area contributed by atoms with E-state index in [0.717, 1.165) is 17.6 Å². The highest BCUT2D eigenvalue weighted by Crippen LogP contribution is 2.70. The van der Waals surface area contributed by atoms with Gasteiger partial charge in [0.25, 0.3) is 11.8 Å². The zero-order chi connectivity index (χ0) is 56.4. The maximum atomic E-state index is 14.0. The van der Waals surface area contributed by atoms with E-state index in [-0.39, 0.29) is 67.3 Å². The third-order valence-electron chi connectivity index (χ3n) is 16.3. The molecule has 3 aromatic rings. The number of aliphatic hydroxyl groups excluding tert-OH is 2. The number of aromatic nitrogens is 1. The molecule has 7 N–H and O–H groups in total. The minimum Gasteiger partial charge on any atom is -0.481 e. The van der Waals surface area contributed by atoms with E-state index < -0.39 is 127 Å². The molecule has 10 atom stereocenters. The lowest BCUT2D eigenvalue weighted by Crippen LogP contribution is -2.63. The van der Waals surface area contributed by atoms with Crippen molar-refractivity contribution < 1.29 is 82.3 Å². The molecule has 2 saturated heterocycles. The van der Waals surface area contributed by atoms with Gasteiger partial charge in [-0.05, 0) is 79.4 Å². The molecule has 23 nitrogen and oxygen atoms in total. The van der Waals surface area contributed by atoms with Gasteiger partial charge in [0.1, 0.15) is 25.1 Å². The van der Waals surface area contributed by atoms with Gasteiger partial charge < -0.3 is 50.3 Å². The molecule has 24 heteroatoms. The Bertz CT molecular complexity index is 3000. The molecule has 0 bridgehead atoms. The number of thiazole rings is 1. The van der Waals surface area contributed by atoms with Crippen LogP contribution in [-0.4, -0.2) is 122 Å². The number of carbonyl (C=O) groups is 10.